The van der Waals surface area contributed by atoms with Crippen LogP contribution in [0.5, 0.6) is 0 Å². The number of hydrogen-bond donors (Lipinski definition) is 4. The van der Waals surface area contributed by atoms with Gasteiger partial charge in [0, 0.05) is 37.0 Å². The number of aromatic nitrogens is 4. The molecule has 1 amide bonds. The number of anilines is 3. The summed E-state index contributed by atoms with van der Waals surface area (Å²) in [6.07, 6.45) is 0.821. The zero-order valence-corrected chi connectivity index (χ0v) is 21.6. The predicted octanol–water partition coefficient (Wildman–Crippen LogP) is 5.57. The van der Waals surface area contributed by atoms with E-state index in [0.29, 0.717) is 42.8 Å². The van der Waals surface area contributed by atoms with Crippen molar-refractivity contribution in [3.05, 3.63) is 36.0 Å². The van der Waals surface area contributed by atoms with E-state index in [9.17, 15) is 18.0 Å². The molecule has 5 rings (SSSR count). The lowest BCUT2D eigenvalue weighted by atomic mass is 9.86. The summed E-state index contributed by atoms with van der Waals surface area (Å²) in [4.78, 5) is 24.9. The molecule has 2 aromatic heterocycles. The Kier molecular flexibility index (Phi) is 7.52. The van der Waals surface area contributed by atoms with Crippen LogP contribution < -0.4 is 16.0 Å². The second-order valence-electron chi connectivity index (χ2n) is 10.6. The number of benzene rings is 1. The Balaban J connectivity index is 1.46. The molecule has 3 aromatic rings. The third-order valence-corrected chi connectivity index (χ3v) is 7.61. The van der Waals surface area contributed by atoms with Crippen molar-refractivity contribution in [2.24, 2.45) is 5.92 Å². The summed E-state index contributed by atoms with van der Waals surface area (Å²) in [7, 11) is 0. The van der Waals surface area contributed by atoms with Crippen LogP contribution in [0, 0.1) is 5.92 Å². The molecule has 0 radical (unpaired) electrons. The van der Waals surface area contributed by atoms with Gasteiger partial charge >= 0.3 is 12.3 Å². The number of hydrogen-bond acceptors (Lipinski definition) is 7. The molecule has 1 aliphatic heterocycles. The minimum absolute atomic E-state index is 0.0224. The molecular formula is C26H32F3N7O3. The van der Waals surface area contributed by atoms with Crippen LogP contribution in [-0.2, 0) is 10.9 Å². The van der Waals surface area contributed by atoms with Gasteiger partial charge in [-0.15, -0.1) is 0 Å². The average Bonchev–Trinajstić information content (AvgIpc) is 3.24. The van der Waals surface area contributed by atoms with Crippen molar-refractivity contribution < 1.29 is 27.8 Å². The molecule has 1 saturated carbocycles. The Labute approximate surface area is 223 Å². The van der Waals surface area contributed by atoms with Crippen molar-refractivity contribution in [1.82, 2.24) is 24.8 Å². The minimum Gasteiger partial charge on any atom is -0.465 e. The van der Waals surface area contributed by atoms with E-state index in [2.05, 4.69) is 32.8 Å². The summed E-state index contributed by atoms with van der Waals surface area (Å²) in [5, 5.41) is 17.9. The molecule has 39 heavy (non-hydrogen) atoms. The summed E-state index contributed by atoms with van der Waals surface area (Å²) in [6, 6.07) is 4.99. The van der Waals surface area contributed by atoms with Crippen molar-refractivity contribution >= 4 is 34.8 Å². The molecule has 1 aliphatic carbocycles. The van der Waals surface area contributed by atoms with E-state index >= 15 is 0 Å². The highest BCUT2D eigenvalue weighted by Crippen LogP contribution is 2.38. The second-order valence-corrected chi connectivity index (χ2v) is 10.6. The van der Waals surface area contributed by atoms with Gasteiger partial charge < -0.3 is 25.8 Å². The quantitative estimate of drug-likeness (QED) is 0.303. The van der Waals surface area contributed by atoms with Gasteiger partial charge in [0.15, 0.2) is 5.65 Å². The fourth-order valence-corrected chi connectivity index (χ4v) is 5.34. The molecule has 0 spiro atoms. The highest BCUT2D eigenvalue weighted by Gasteiger charge is 2.32. The van der Waals surface area contributed by atoms with Crippen LogP contribution in [-0.4, -0.2) is 56.0 Å². The zero-order chi connectivity index (χ0) is 27.6. The molecule has 1 aromatic carbocycles. The van der Waals surface area contributed by atoms with Crippen molar-refractivity contribution in [3.8, 4) is 0 Å². The fraction of sp³-hybridized carbons (Fsp3) is 0.538. The van der Waals surface area contributed by atoms with Crippen LogP contribution in [0.1, 0.15) is 57.1 Å². The third kappa shape index (κ3) is 6.35. The highest BCUT2D eigenvalue weighted by atomic mass is 19.4. The van der Waals surface area contributed by atoms with Crippen molar-refractivity contribution in [2.75, 3.05) is 30.4 Å². The lowest BCUT2D eigenvalue weighted by molar-refractivity contribution is -0.137. The first-order chi connectivity index (χ1) is 18.6. The maximum Gasteiger partial charge on any atom is 0.416 e. The van der Waals surface area contributed by atoms with E-state index in [-0.39, 0.29) is 23.2 Å². The third-order valence-electron chi connectivity index (χ3n) is 7.61. The molecule has 10 nitrogen and oxygen atoms in total. The van der Waals surface area contributed by atoms with Crippen LogP contribution in [0.4, 0.5) is 35.5 Å². The van der Waals surface area contributed by atoms with E-state index in [1.807, 2.05) is 4.57 Å². The van der Waals surface area contributed by atoms with Crippen molar-refractivity contribution in [3.63, 3.8) is 0 Å². The Bertz CT molecular complexity index is 1320. The van der Waals surface area contributed by atoms with Crippen LogP contribution in [0.3, 0.4) is 0 Å². The summed E-state index contributed by atoms with van der Waals surface area (Å²) < 4.78 is 47.5. The number of amides is 1. The van der Waals surface area contributed by atoms with Gasteiger partial charge in [-0.2, -0.15) is 18.2 Å². The Hall–Kier alpha value is -3.61. The lowest BCUT2D eigenvalue weighted by Gasteiger charge is -2.34. The number of nitrogens with one attached hydrogen (secondary N) is 3. The SMILES string of the molecule is CC1(Nc2ncc3nc(Nc4cccc(C(F)(F)F)c4)n(C4CCC(CNC(=O)O)CC4)c3n2)CCOCC1. The molecule has 0 atom stereocenters. The van der Waals surface area contributed by atoms with Gasteiger partial charge in [0.25, 0.3) is 0 Å². The van der Waals surface area contributed by atoms with Gasteiger partial charge in [0.05, 0.1) is 11.8 Å². The smallest absolute Gasteiger partial charge is 0.416 e. The van der Waals surface area contributed by atoms with Crippen LogP contribution in [0.2, 0.25) is 0 Å². The summed E-state index contributed by atoms with van der Waals surface area (Å²) in [5.74, 6) is 1.06. The maximum absolute atomic E-state index is 13.3. The first-order valence-electron chi connectivity index (χ1n) is 13.1. The Morgan fingerprint density at radius 1 is 1.18 bits per heavy atom. The van der Waals surface area contributed by atoms with E-state index in [4.69, 9.17) is 14.8 Å². The zero-order valence-electron chi connectivity index (χ0n) is 21.6. The molecular weight excluding hydrogens is 515 g/mol. The van der Waals surface area contributed by atoms with E-state index in [0.717, 1.165) is 50.7 Å². The average molecular weight is 548 g/mol. The first-order valence-corrected chi connectivity index (χ1v) is 13.1. The summed E-state index contributed by atoms with van der Waals surface area (Å²) in [5.41, 5.74) is 0.413. The predicted molar refractivity (Wildman–Crippen MR) is 139 cm³/mol. The normalized spacial score (nSPS) is 21.4. The van der Waals surface area contributed by atoms with Crippen LogP contribution >= 0.6 is 0 Å². The number of carbonyl (C=O) groups is 1. The van der Waals surface area contributed by atoms with Gasteiger partial charge in [0.2, 0.25) is 11.9 Å². The minimum atomic E-state index is -4.47. The van der Waals surface area contributed by atoms with E-state index in [1.54, 1.807) is 12.3 Å². The highest BCUT2D eigenvalue weighted by molar-refractivity contribution is 5.76. The molecule has 4 N–H and O–H groups in total. The number of alkyl halides is 3. The molecule has 2 fully saturated rings. The van der Waals surface area contributed by atoms with E-state index in [1.165, 1.54) is 6.07 Å². The fourth-order valence-electron chi connectivity index (χ4n) is 5.34. The van der Waals surface area contributed by atoms with Crippen molar-refractivity contribution in [2.45, 2.75) is 63.2 Å². The van der Waals surface area contributed by atoms with Crippen LogP contribution in [0.15, 0.2) is 30.5 Å². The number of ether oxygens (including phenoxy) is 1. The van der Waals surface area contributed by atoms with Gasteiger partial charge in [-0.3, -0.25) is 4.57 Å². The largest absolute Gasteiger partial charge is 0.465 e. The number of rotatable bonds is 7. The lowest BCUT2D eigenvalue weighted by Crippen LogP contribution is -2.41. The topological polar surface area (TPSA) is 126 Å². The molecule has 13 heteroatoms. The van der Waals surface area contributed by atoms with Gasteiger partial charge in [-0.25, -0.2) is 14.8 Å². The number of carboxylic acid groups (broad SMARTS) is 1. The molecule has 0 bridgehead atoms. The second kappa shape index (κ2) is 10.9. The first kappa shape index (κ1) is 27.0. The Morgan fingerprint density at radius 3 is 2.62 bits per heavy atom. The molecule has 3 heterocycles. The van der Waals surface area contributed by atoms with Crippen molar-refractivity contribution in [1.29, 1.82) is 0 Å². The standard InChI is InChI=1S/C26H32F3N7O3/c1-25(9-11-39-12-10-25)35-22-30-15-20-21(34-22)36(19-7-5-16(6-8-19)14-31-24(37)38)23(33-20)32-18-4-2-3-17(13-18)26(27,28)29/h2-4,13,15-16,19,31H,5-12,14H2,1H3,(H,32,33)(H,37,38)(H,30,34,35). The van der Waals surface area contributed by atoms with Gasteiger partial charge in [-0.1, -0.05) is 6.07 Å². The summed E-state index contributed by atoms with van der Waals surface area (Å²) >= 11 is 0. The number of fused-ring (bicyclic) bond motifs is 1. The molecule has 1 saturated heterocycles. The monoisotopic (exact) mass is 547 g/mol. The number of halogens is 3. The number of imidazole rings is 1. The van der Waals surface area contributed by atoms with Gasteiger partial charge in [-0.05, 0) is 69.6 Å². The van der Waals surface area contributed by atoms with Crippen LogP contribution in [0.25, 0.3) is 11.2 Å². The molecule has 0 unspecified atom stereocenters. The van der Waals surface area contributed by atoms with Gasteiger partial charge in [0.1, 0.15) is 5.52 Å². The molecule has 2 aliphatic rings. The maximum atomic E-state index is 13.3. The molecule has 210 valence electrons. The summed E-state index contributed by atoms with van der Waals surface area (Å²) in [6.45, 7) is 3.79. The number of nitrogens with zero attached hydrogens (tertiary/aromatic N) is 4. The Morgan fingerprint density at radius 2 is 1.92 bits per heavy atom. The van der Waals surface area contributed by atoms with E-state index < -0.39 is 17.8 Å².